The van der Waals surface area contributed by atoms with E-state index in [-0.39, 0.29) is 0 Å². The molecule has 0 bridgehead atoms. The lowest BCUT2D eigenvalue weighted by Crippen LogP contribution is -2.11. The Labute approximate surface area is 100 Å². The van der Waals surface area contributed by atoms with E-state index in [4.69, 9.17) is 0 Å². The molecule has 0 unspecified atom stereocenters. The highest BCUT2D eigenvalue weighted by atomic mass is 15.1. The van der Waals surface area contributed by atoms with Gasteiger partial charge in [-0.2, -0.15) is 5.10 Å². The van der Waals surface area contributed by atoms with Gasteiger partial charge in [0.25, 0.3) is 0 Å². The molecule has 2 rings (SSSR count). The van der Waals surface area contributed by atoms with Crippen molar-refractivity contribution in [2.45, 2.75) is 0 Å². The molecule has 1 aromatic carbocycles. The molecule has 0 radical (unpaired) electrons. The summed E-state index contributed by atoms with van der Waals surface area (Å²) < 4.78 is 0. The topological polar surface area (TPSA) is 44.3 Å². The van der Waals surface area contributed by atoms with Crippen molar-refractivity contribution in [3.63, 3.8) is 0 Å². The number of nitrogens with zero attached hydrogens (tertiary/aromatic N) is 3. The lowest BCUT2D eigenvalue weighted by atomic mass is 10.1. The number of nitrogens with one attached hydrogen (secondary N) is 1. The third-order valence-corrected chi connectivity index (χ3v) is 2.43. The second kappa shape index (κ2) is 5.12. The zero-order valence-electron chi connectivity index (χ0n) is 9.67. The number of H-pyrrole nitrogens is 1. The molecule has 17 heavy (non-hydrogen) atoms. The second-order valence-corrected chi connectivity index (χ2v) is 3.50. The molecule has 0 saturated heterocycles. The Bertz CT molecular complexity index is 497. The third kappa shape index (κ3) is 2.42. The van der Waals surface area contributed by atoms with E-state index in [0.29, 0.717) is 0 Å². The molecule has 1 N–H and O–H groups in total. The molecule has 0 amide bonds. The fourth-order valence-electron chi connectivity index (χ4n) is 1.58. The maximum atomic E-state index is 3.97. The van der Waals surface area contributed by atoms with Gasteiger partial charge in [-0.05, 0) is 17.7 Å². The number of anilines is 1. The van der Waals surface area contributed by atoms with Crippen molar-refractivity contribution in [2.75, 3.05) is 11.9 Å². The van der Waals surface area contributed by atoms with Crippen LogP contribution in [0, 0.1) is 0 Å². The number of aromatic amines is 1. The molecule has 0 spiro atoms. The lowest BCUT2D eigenvalue weighted by molar-refractivity contribution is 1.09. The molecule has 0 aliphatic heterocycles. The minimum atomic E-state index is 1.03. The molecule has 4 nitrogen and oxygen atoms in total. The number of hydrogen-bond acceptors (Lipinski definition) is 2. The van der Waals surface area contributed by atoms with Crippen LogP contribution < -0.4 is 4.90 Å². The zero-order chi connectivity index (χ0) is 12.1. The summed E-state index contributed by atoms with van der Waals surface area (Å²) in [6.07, 6.45) is 7.11. The predicted octanol–water partition coefficient (Wildman–Crippen LogP) is 2.68. The van der Waals surface area contributed by atoms with E-state index in [1.165, 1.54) is 0 Å². The van der Waals surface area contributed by atoms with E-state index in [2.05, 4.69) is 21.8 Å². The normalized spacial score (nSPS) is 10.6. The summed E-state index contributed by atoms with van der Waals surface area (Å²) in [5, 5.41) is 6.73. The molecule has 0 aliphatic rings. The van der Waals surface area contributed by atoms with Crippen molar-refractivity contribution in [3.05, 3.63) is 49.4 Å². The Morgan fingerprint density at radius 2 is 2.06 bits per heavy atom. The van der Waals surface area contributed by atoms with Gasteiger partial charge in [0.1, 0.15) is 0 Å². The van der Waals surface area contributed by atoms with Gasteiger partial charge in [-0.1, -0.05) is 18.7 Å². The van der Waals surface area contributed by atoms with Gasteiger partial charge in [0.05, 0.1) is 12.5 Å². The molecule has 86 valence electrons. The number of aliphatic imine (C=N–C) groups is 1. The number of aromatic nitrogens is 2. The Kier molecular flexibility index (Phi) is 3.35. The van der Waals surface area contributed by atoms with Crippen molar-refractivity contribution in [1.29, 1.82) is 0 Å². The van der Waals surface area contributed by atoms with Crippen LogP contribution in [-0.2, 0) is 0 Å². The van der Waals surface area contributed by atoms with E-state index >= 15 is 0 Å². The van der Waals surface area contributed by atoms with Crippen LogP contribution in [0.1, 0.15) is 0 Å². The highest BCUT2D eigenvalue weighted by molar-refractivity contribution is 5.82. The number of hydrogen-bond donors (Lipinski definition) is 1. The first-order valence-corrected chi connectivity index (χ1v) is 5.27. The second-order valence-electron chi connectivity index (χ2n) is 3.50. The van der Waals surface area contributed by atoms with Gasteiger partial charge in [0.2, 0.25) is 0 Å². The smallest absolute Gasteiger partial charge is 0.0931 e. The van der Waals surface area contributed by atoms with Gasteiger partial charge >= 0.3 is 0 Å². The van der Waals surface area contributed by atoms with Gasteiger partial charge < -0.3 is 4.90 Å². The van der Waals surface area contributed by atoms with Crippen molar-refractivity contribution in [2.24, 2.45) is 4.99 Å². The van der Waals surface area contributed by atoms with Crippen molar-refractivity contribution in [3.8, 4) is 11.1 Å². The molecule has 1 heterocycles. The maximum absolute atomic E-state index is 3.97. The van der Waals surface area contributed by atoms with Crippen LogP contribution in [0.2, 0.25) is 0 Å². The standard InChI is InChI=1S/C13H14N4/c1-3-17(10-14-2)13-6-4-11(5-7-13)12-8-15-16-9-12/h3-10H,1H2,2H3,(H,15,16). The van der Waals surface area contributed by atoms with Crippen molar-refractivity contribution < 1.29 is 0 Å². The monoisotopic (exact) mass is 226 g/mol. The first-order valence-electron chi connectivity index (χ1n) is 5.27. The Morgan fingerprint density at radius 3 is 2.59 bits per heavy atom. The van der Waals surface area contributed by atoms with Gasteiger partial charge in [0, 0.05) is 30.7 Å². The summed E-state index contributed by atoms with van der Waals surface area (Å²) in [5.41, 5.74) is 3.23. The first-order chi connectivity index (χ1) is 8.35. The van der Waals surface area contributed by atoms with Crippen LogP contribution in [0.3, 0.4) is 0 Å². The number of rotatable bonds is 4. The average molecular weight is 226 g/mol. The average Bonchev–Trinajstić information content (AvgIpc) is 2.90. The molecule has 2 aromatic rings. The lowest BCUT2D eigenvalue weighted by Gasteiger charge is -2.13. The van der Waals surface area contributed by atoms with Gasteiger partial charge in [-0.25, -0.2) is 0 Å². The fraction of sp³-hybridized carbons (Fsp3) is 0.0769. The van der Waals surface area contributed by atoms with Crippen molar-refractivity contribution in [1.82, 2.24) is 10.2 Å². The quantitative estimate of drug-likeness (QED) is 0.643. The highest BCUT2D eigenvalue weighted by Crippen LogP contribution is 2.21. The molecule has 0 aliphatic carbocycles. The summed E-state index contributed by atoms with van der Waals surface area (Å²) in [6, 6.07) is 8.12. The van der Waals surface area contributed by atoms with E-state index in [1.54, 1.807) is 25.8 Å². The summed E-state index contributed by atoms with van der Waals surface area (Å²) in [5.74, 6) is 0. The third-order valence-electron chi connectivity index (χ3n) is 2.43. The summed E-state index contributed by atoms with van der Waals surface area (Å²) >= 11 is 0. The van der Waals surface area contributed by atoms with E-state index in [1.807, 2.05) is 35.4 Å². The zero-order valence-corrected chi connectivity index (χ0v) is 9.67. The largest absolute Gasteiger partial charge is 0.309 e. The highest BCUT2D eigenvalue weighted by Gasteiger charge is 2.01. The van der Waals surface area contributed by atoms with E-state index in [9.17, 15) is 0 Å². The fourth-order valence-corrected chi connectivity index (χ4v) is 1.58. The Morgan fingerprint density at radius 1 is 1.29 bits per heavy atom. The molecule has 0 fully saturated rings. The summed E-state index contributed by atoms with van der Waals surface area (Å²) in [6.45, 7) is 3.75. The van der Waals surface area contributed by atoms with Crippen LogP contribution in [0.5, 0.6) is 0 Å². The van der Waals surface area contributed by atoms with Crippen LogP contribution in [0.4, 0.5) is 5.69 Å². The predicted molar refractivity (Wildman–Crippen MR) is 71.1 cm³/mol. The van der Waals surface area contributed by atoms with E-state index < -0.39 is 0 Å². The minimum absolute atomic E-state index is 1.03. The molecule has 0 atom stereocenters. The summed E-state index contributed by atoms with van der Waals surface area (Å²) in [4.78, 5) is 5.83. The number of benzene rings is 1. The minimum Gasteiger partial charge on any atom is -0.309 e. The first kappa shape index (κ1) is 11.1. The Hall–Kier alpha value is -2.36. The molecular weight excluding hydrogens is 212 g/mol. The van der Waals surface area contributed by atoms with Gasteiger partial charge in [0.15, 0.2) is 0 Å². The molecule has 1 aromatic heterocycles. The Balaban J connectivity index is 2.26. The van der Waals surface area contributed by atoms with Crippen LogP contribution in [-0.4, -0.2) is 23.6 Å². The van der Waals surface area contributed by atoms with Gasteiger partial charge in [-0.15, -0.1) is 0 Å². The molecule has 0 saturated carbocycles. The molecule has 4 heteroatoms. The molecular formula is C13H14N4. The SMILES string of the molecule is C=CN(C=NC)c1ccc(-c2cn[nH]c2)cc1. The summed E-state index contributed by atoms with van der Waals surface area (Å²) in [7, 11) is 1.73. The van der Waals surface area contributed by atoms with Gasteiger partial charge in [-0.3, -0.25) is 10.1 Å². The van der Waals surface area contributed by atoms with E-state index in [0.717, 1.165) is 16.8 Å². The van der Waals surface area contributed by atoms with Crippen molar-refractivity contribution >= 4 is 12.0 Å². The maximum Gasteiger partial charge on any atom is 0.0931 e. The van der Waals surface area contributed by atoms with Crippen LogP contribution in [0.25, 0.3) is 11.1 Å². The van der Waals surface area contributed by atoms with Crippen LogP contribution >= 0.6 is 0 Å². The van der Waals surface area contributed by atoms with Crippen LogP contribution in [0.15, 0.2) is 54.4 Å².